The number of ether oxygens (including phenoxy) is 1. The van der Waals surface area contributed by atoms with Crippen molar-refractivity contribution in [1.29, 1.82) is 0 Å². The molecule has 2 aliphatic heterocycles. The number of methoxy groups -OCH3 is 1. The largest absolute Gasteiger partial charge is 0.465 e. The molecule has 4 rings (SSSR count). The predicted molar refractivity (Wildman–Crippen MR) is 101 cm³/mol. The fourth-order valence-electron chi connectivity index (χ4n) is 3.53. The number of hydrogen-bond donors (Lipinski definition) is 0. The highest BCUT2D eigenvalue weighted by Crippen LogP contribution is 2.33. The molecule has 0 N–H and O–H groups in total. The minimum Gasteiger partial charge on any atom is -0.465 e. The second kappa shape index (κ2) is 6.90. The molecule has 3 heterocycles. The molecular weight excluding hydrogens is 336 g/mol. The van der Waals surface area contributed by atoms with E-state index in [4.69, 9.17) is 9.72 Å². The Hall–Kier alpha value is -1.70. The fraction of sp³-hybridized carbons (Fsp3) is 0.556. The lowest BCUT2D eigenvalue weighted by Gasteiger charge is -2.43. The minimum atomic E-state index is -0.298. The van der Waals surface area contributed by atoms with Crippen LogP contribution in [0.2, 0.25) is 0 Å². The van der Waals surface area contributed by atoms with Gasteiger partial charge >= 0.3 is 5.97 Å². The Kier molecular flexibility index (Phi) is 4.62. The zero-order chi connectivity index (χ0) is 17.4. The van der Waals surface area contributed by atoms with Crippen molar-refractivity contribution in [3.05, 3.63) is 23.8 Å². The number of thiazole rings is 1. The number of carbonyl (C=O) groups excluding carboxylic acids is 1. The zero-order valence-corrected chi connectivity index (χ0v) is 15.6. The van der Waals surface area contributed by atoms with Crippen LogP contribution in [0.25, 0.3) is 10.2 Å². The Morgan fingerprint density at radius 3 is 2.76 bits per heavy atom. The average Bonchev–Trinajstić information content (AvgIpc) is 3.01. The first kappa shape index (κ1) is 16.8. The van der Waals surface area contributed by atoms with Gasteiger partial charge in [-0.3, -0.25) is 0 Å². The molecule has 1 aromatic heterocycles. The number of likely N-dealkylation sites (N-methyl/N-ethyl adjacent to an activating group) is 1. The molecule has 2 aromatic rings. The van der Waals surface area contributed by atoms with E-state index in [-0.39, 0.29) is 5.97 Å². The lowest BCUT2D eigenvalue weighted by atomic mass is 10.00. The van der Waals surface area contributed by atoms with E-state index in [9.17, 15) is 4.79 Å². The topological polar surface area (TPSA) is 48.9 Å². The van der Waals surface area contributed by atoms with Gasteiger partial charge in [0.25, 0.3) is 0 Å². The van der Waals surface area contributed by atoms with E-state index in [0.29, 0.717) is 5.56 Å². The van der Waals surface area contributed by atoms with Gasteiger partial charge in [-0.05, 0) is 25.2 Å². The quantitative estimate of drug-likeness (QED) is 0.775. The molecule has 2 saturated heterocycles. The molecule has 0 bridgehead atoms. The number of carbonyl (C=O) groups is 1. The van der Waals surface area contributed by atoms with E-state index < -0.39 is 0 Å². The van der Waals surface area contributed by atoms with Gasteiger partial charge in [0.1, 0.15) is 0 Å². The third-order valence-electron chi connectivity index (χ3n) is 5.14. The second-order valence-corrected chi connectivity index (χ2v) is 8.05. The number of aromatic nitrogens is 1. The molecule has 25 heavy (non-hydrogen) atoms. The van der Waals surface area contributed by atoms with Gasteiger partial charge in [-0.1, -0.05) is 11.3 Å². The van der Waals surface area contributed by atoms with Gasteiger partial charge in [0, 0.05) is 51.7 Å². The van der Waals surface area contributed by atoms with Crippen molar-refractivity contribution in [2.75, 3.05) is 64.9 Å². The van der Waals surface area contributed by atoms with E-state index in [2.05, 4.69) is 21.7 Å². The molecular formula is C18H24N4O2S. The van der Waals surface area contributed by atoms with Gasteiger partial charge < -0.3 is 19.4 Å². The fourth-order valence-corrected chi connectivity index (χ4v) is 4.55. The smallest absolute Gasteiger partial charge is 0.337 e. The first-order valence-corrected chi connectivity index (χ1v) is 9.59. The van der Waals surface area contributed by atoms with Crippen molar-refractivity contribution in [2.45, 2.75) is 0 Å². The molecule has 0 aliphatic carbocycles. The second-order valence-electron chi connectivity index (χ2n) is 7.05. The van der Waals surface area contributed by atoms with Crippen LogP contribution >= 0.6 is 11.3 Å². The van der Waals surface area contributed by atoms with E-state index >= 15 is 0 Å². The predicted octanol–water partition coefficient (Wildman–Crippen LogP) is 1.77. The van der Waals surface area contributed by atoms with Crippen LogP contribution in [0.4, 0.5) is 5.13 Å². The summed E-state index contributed by atoms with van der Waals surface area (Å²) in [5.41, 5.74) is 1.54. The van der Waals surface area contributed by atoms with E-state index in [1.807, 2.05) is 12.1 Å². The van der Waals surface area contributed by atoms with Crippen LogP contribution in [0.15, 0.2) is 18.2 Å². The van der Waals surface area contributed by atoms with Gasteiger partial charge in [-0.15, -0.1) is 0 Å². The van der Waals surface area contributed by atoms with Crippen LogP contribution in [0, 0.1) is 5.92 Å². The molecule has 0 spiro atoms. The number of nitrogens with zero attached hydrogens (tertiary/aromatic N) is 4. The van der Waals surface area contributed by atoms with Gasteiger partial charge in [0.15, 0.2) is 5.13 Å². The summed E-state index contributed by atoms with van der Waals surface area (Å²) in [6.07, 6.45) is 0. The monoisotopic (exact) mass is 360 g/mol. The van der Waals surface area contributed by atoms with Crippen LogP contribution in [0.3, 0.4) is 0 Å². The molecule has 134 valence electrons. The highest BCUT2D eigenvalue weighted by atomic mass is 32.1. The van der Waals surface area contributed by atoms with E-state index in [1.54, 1.807) is 17.4 Å². The molecule has 0 saturated carbocycles. The van der Waals surface area contributed by atoms with Gasteiger partial charge in [-0.25, -0.2) is 9.78 Å². The molecule has 0 amide bonds. The first-order valence-electron chi connectivity index (χ1n) is 8.77. The summed E-state index contributed by atoms with van der Waals surface area (Å²) in [5, 5.41) is 1.06. The molecule has 6 nitrogen and oxygen atoms in total. The summed E-state index contributed by atoms with van der Waals surface area (Å²) < 4.78 is 5.83. The van der Waals surface area contributed by atoms with Gasteiger partial charge in [0.2, 0.25) is 0 Å². The maximum atomic E-state index is 11.7. The number of esters is 1. The number of anilines is 1. The normalized spacial score (nSPS) is 20.0. The molecule has 2 aliphatic rings. The standard InChI is InChI=1S/C18H24N4O2S/c1-20-5-7-21(8-6-20)10-13-11-22(12-13)18-19-15-4-3-14(17(23)24-2)9-16(15)25-18/h3-4,9,13H,5-8,10-12H2,1-2H3. The Morgan fingerprint density at radius 1 is 1.28 bits per heavy atom. The first-order chi connectivity index (χ1) is 12.1. The van der Waals surface area contributed by atoms with Crippen LogP contribution in [0.1, 0.15) is 10.4 Å². The van der Waals surface area contributed by atoms with Crippen LogP contribution in [0.5, 0.6) is 0 Å². The van der Waals surface area contributed by atoms with Crippen LogP contribution in [-0.2, 0) is 4.74 Å². The van der Waals surface area contributed by atoms with Crippen LogP contribution < -0.4 is 4.90 Å². The summed E-state index contributed by atoms with van der Waals surface area (Å²) in [4.78, 5) is 23.7. The molecule has 0 radical (unpaired) electrons. The molecule has 1 aromatic carbocycles. The lowest BCUT2D eigenvalue weighted by Crippen LogP contribution is -2.54. The van der Waals surface area contributed by atoms with Crippen LogP contribution in [-0.4, -0.2) is 80.7 Å². The minimum absolute atomic E-state index is 0.298. The molecule has 7 heteroatoms. The van der Waals surface area contributed by atoms with Crippen molar-refractivity contribution in [3.8, 4) is 0 Å². The number of rotatable bonds is 4. The highest BCUT2D eigenvalue weighted by molar-refractivity contribution is 7.22. The highest BCUT2D eigenvalue weighted by Gasteiger charge is 2.31. The lowest BCUT2D eigenvalue weighted by molar-refractivity contribution is 0.0601. The summed E-state index contributed by atoms with van der Waals surface area (Å²) in [5.74, 6) is 0.439. The molecule has 2 fully saturated rings. The third kappa shape index (κ3) is 3.49. The third-order valence-corrected chi connectivity index (χ3v) is 6.22. The average molecular weight is 360 g/mol. The summed E-state index contributed by atoms with van der Waals surface area (Å²) in [6, 6.07) is 5.57. The zero-order valence-electron chi connectivity index (χ0n) is 14.8. The molecule has 0 unspecified atom stereocenters. The summed E-state index contributed by atoms with van der Waals surface area (Å²) in [6.45, 7) is 8.08. The summed E-state index contributed by atoms with van der Waals surface area (Å²) >= 11 is 1.66. The number of benzene rings is 1. The number of piperazine rings is 1. The number of hydrogen-bond acceptors (Lipinski definition) is 7. The van der Waals surface area contributed by atoms with E-state index in [0.717, 1.165) is 34.4 Å². The van der Waals surface area contributed by atoms with Crippen molar-refractivity contribution in [1.82, 2.24) is 14.8 Å². The van der Waals surface area contributed by atoms with Gasteiger partial charge in [-0.2, -0.15) is 0 Å². The Morgan fingerprint density at radius 2 is 2.04 bits per heavy atom. The summed E-state index contributed by atoms with van der Waals surface area (Å²) in [7, 11) is 3.60. The Balaban J connectivity index is 1.36. The maximum Gasteiger partial charge on any atom is 0.337 e. The Labute approximate surface area is 152 Å². The van der Waals surface area contributed by atoms with E-state index in [1.165, 1.54) is 39.8 Å². The maximum absolute atomic E-state index is 11.7. The molecule has 0 atom stereocenters. The van der Waals surface area contributed by atoms with Crippen molar-refractivity contribution in [2.24, 2.45) is 5.92 Å². The number of fused-ring (bicyclic) bond motifs is 1. The van der Waals surface area contributed by atoms with Crippen molar-refractivity contribution >= 4 is 32.7 Å². The SMILES string of the molecule is COC(=O)c1ccc2nc(N3CC(CN4CCN(C)CC4)C3)sc2c1. The Bertz CT molecular complexity index is 764. The van der Waals surface area contributed by atoms with Crippen molar-refractivity contribution < 1.29 is 9.53 Å². The van der Waals surface area contributed by atoms with Gasteiger partial charge in [0.05, 0.1) is 22.9 Å². The van der Waals surface area contributed by atoms with Crippen molar-refractivity contribution in [3.63, 3.8) is 0 Å².